The van der Waals surface area contributed by atoms with Crippen LogP contribution in [0.15, 0.2) is 83.3 Å². The molecule has 1 heterocycles. The first-order chi connectivity index (χ1) is 15.9. The van der Waals surface area contributed by atoms with Crippen molar-refractivity contribution in [1.29, 1.82) is 0 Å². The van der Waals surface area contributed by atoms with Gasteiger partial charge in [-0.3, -0.25) is 10.1 Å². The molecule has 0 fully saturated rings. The zero-order valence-electron chi connectivity index (χ0n) is 18.2. The lowest BCUT2D eigenvalue weighted by Crippen LogP contribution is -2.15. The summed E-state index contributed by atoms with van der Waals surface area (Å²) in [4.78, 5) is 18.0. The van der Waals surface area contributed by atoms with Crippen LogP contribution in [0.3, 0.4) is 0 Å². The van der Waals surface area contributed by atoms with E-state index < -0.39 is 5.91 Å². The number of hydrogen-bond acceptors (Lipinski definition) is 8. The van der Waals surface area contributed by atoms with Gasteiger partial charge in [0.25, 0.3) is 5.91 Å². The van der Waals surface area contributed by atoms with Gasteiger partial charge in [0.2, 0.25) is 0 Å². The van der Waals surface area contributed by atoms with Crippen LogP contribution in [-0.4, -0.2) is 17.1 Å². The number of carbonyl (C=O) groups excluding carboxylic acids is 1. The van der Waals surface area contributed by atoms with Gasteiger partial charge in [0.05, 0.1) is 11.3 Å². The number of thioether (sulfide) groups is 1. The third-order valence-corrected chi connectivity index (χ3v) is 5.78. The zero-order chi connectivity index (χ0) is 23.8. The van der Waals surface area contributed by atoms with Crippen LogP contribution in [0, 0.1) is 0 Å². The van der Waals surface area contributed by atoms with Gasteiger partial charge in [-0.05, 0) is 37.5 Å². The van der Waals surface area contributed by atoms with Crippen LogP contribution in [0.4, 0.5) is 16.6 Å². The summed E-state index contributed by atoms with van der Waals surface area (Å²) in [5, 5.41) is 4.69. The summed E-state index contributed by atoms with van der Waals surface area (Å²) < 4.78 is 11.9. The van der Waals surface area contributed by atoms with E-state index in [1.807, 2.05) is 49.6 Å². The predicted octanol–water partition coefficient (Wildman–Crippen LogP) is 6.10. The fourth-order valence-corrected chi connectivity index (χ4v) is 3.84. The van der Waals surface area contributed by atoms with Gasteiger partial charge in [-0.15, -0.1) is 23.1 Å². The number of hydrogen-bond donors (Lipinski definition) is 3. The summed E-state index contributed by atoms with van der Waals surface area (Å²) in [6, 6.07) is 10.8. The van der Waals surface area contributed by atoms with E-state index in [-0.39, 0.29) is 17.0 Å². The van der Waals surface area contributed by atoms with Crippen LogP contribution in [0.1, 0.15) is 17.3 Å². The molecule has 2 aromatic carbocycles. The summed E-state index contributed by atoms with van der Waals surface area (Å²) in [7, 11) is 0. The number of thiazole rings is 1. The molecule has 0 aliphatic rings. The monoisotopic (exact) mass is 480 g/mol. The number of nitrogens with one attached hydrogen (secondary N) is 1. The number of benzene rings is 2. The number of aromatic nitrogens is 1. The molecule has 0 aliphatic heterocycles. The average Bonchev–Trinajstić information content (AvgIpc) is 3.20. The minimum Gasteiger partial charge on any atom is -0.456 e. The summed E-state index contributed by atoms with van der Waals surface area (Å²) in [6.07, 6.45) is 9.15. The number of rotatable bonds is 9. The second kappa shape index (κ2) is 11.3. The summed E-state index contributed by atoms with van der Waals surface area (Å²) in [5.74, 6) is 1.47. The number of nitrogens with zero attached hydrogens (tertiary/aromatic N) is 1. The van der Waals surface area contributed by atoms with Crippen molar-refractivity contribution in [2.45, 2.75) is 11.8 Å². The molecular formula is C24H24N4O3S2. The SMILES string of the molecule is C=C(/C=C\C=C/C)Oc1cc(Oc2ccccc2SC)cc(C(=O)Nc2nc(N)cs2)c1N. The topological polar surface area (TPSA) is 112 Å². The minimum atomic E-state index is -0.467. The zero-order valence-corrected chi connectivity index (χ0v) is 19.8. The number of allylic oxidation sites excluding steroid dienone is 4. The van der Waals surface area contributed by atoms with Gasteiger partial charge in [-0.2, -0.15) is 0 Å². The van der Waals surface area contributed by atoms with E-state index in [0.29, 0.717) is 28.2 Å². The highest BCUT2D eigenvalue weighted by Crippen LogP contribution is 2.37. The molecule has 0 radical (unpaired) electrons. The quantitative estimate of drug-likeness (QED) is 0.147. The number of carbonyl (C=O) groups is 1. The molecule has 33 heavy (non-hydrogen) atoms. The first kappa shape index (κ1) is 24.0. The van der Waals surface area contributed by atoms with Crippen molar-refractivity contribution >= 4 is 45.6 Å². The Morgan fingerprint density at radius 1 is 1.21 bits per heavy atom. The van der Waals surface area contributed by atoms with Crippen molar-refractivity contribution in [2.75, 3.05) is 23.0 Å². The fourth-order valence-electron chi connectivity index (χ4n) is 2.72. The highest BCUT2D eigenvalue weighted by Gasteiger charge is 2.19. The molecule has 0 spiro atoms. The molecular weight excluding hydrogens is 456 g/mol. The van der Waals surface area contributed by atoms with Crippen molar-refractivity contribution < 1.29 is 14.3 Å². The van der Waals surface area contributed by atoms with E-state index in [9.17, 15) is 4.79 Å². The van der Waals surface area contributed by atoms with Crippen molar-refractivity contribution in [2.24, 2.45) is 0 Å². The number of para-hydroxylation sites is 1. The molecule has 3 aromatic rings. The number of nitrogens with two attached hydrogens (primary N) is 2. The molecule has 0 atom stereocenters. The second-order valence-corrected chi connectivity index (χ2v) is 8.33. The van der Waals surface area contributed by atoms with Crippen LogP contribution < -0.4 is 26.3 Å². The maximum atomic E-state index is 13.0. The van der Waals surface area contributed by atoms with E-state index in [1.165, 1.54) is 11.3 Å². The van der Waals surface area contributed by atoms with E-state index >= 15 is 0 Å². The predicted molar refractivity (Wildman–Crippen MR) is 137 cm³/mol. The molecule has 170 valence electrons. The third kappa shape index (κ3) is 6.41. The molecule has 5 N–H and O–H groups in total. The van der Waals surface area contributed by atoms with Crippen LogP contribution in [0.5, 0.6) is 17.2 Å². The van der Waals surface area contributed by atoms with Crippen molar-refractivity contribution in [3.05, 3.63) is 84.0 Å². The minimum absolute atomic E-state index is 0.142. The molecule has 1 aromatic heterocycles. The Hall–Kier alpha value is -3.69. The Balaban J connectivity index is 1.98. The fraction of sp³-hybridized carbons (Fsp3) is 0.0833. The standard InChI is InChI=1S/C24H24N4O3S2/c1-4-5-6-9-15(2)30-19-13-16(31-18-10-7-8-11-20(18)32-3)12-17(22(19)26)23(29)28-24-27-21(25)14-33-24/h4-14H,2,25-26H2,1,3H3,(H,27,28,29)/b5-4-,9-6-. The molecule has 0 saturated carbocycles. The largest absolute Gasteiger partial charge is 0.456 e. The maximum Gasteiger partial charge on any atom is 0.259 e. The number of nitrogen functional groups attached to an aromatic ring is 2. The Kier molecular flexibility index (Phi) is 8.17. The first-order valence-electron chi connectivity index (χ1n) is 9.84. The average molecular weight is 481 g/mol. The molecule has 3 rings (SSSR count). The number of anilines is 3. The van der Waals surface area contributed by atoms with Gasteiger partial charge < -0.3 is 20.9 Å². The first-order valence-corrected chi connectivity index (χ1v) is 11.9. The lowest BCUT2D eigenvalue weighted by molar-refractivity contribution is 0.102. The number of ether oxygens (including phenoxy) is 2. The normalized spacial score (nSPS) is 11.1. The molecule has 1 amide bonds. The smallest absolute Gasteiger partial charge is 0.259 e. The Morgan fingerprint density at radius 3 is 2.70 bits per heavy atom. The van der Waals surface area contributed by atoms with Gasteiger partial charge in [-0.25, -0.2) is 4.98 Å². The second-order valence-electron chi connectivity index (χ2n) is 6.62. The third-order valence-electron chi connectivity index (χ3n) is 4.23. The van der Waals surface area contributed by atoms with E-state index in [0.717, 1.165) is 4.90 Å². The molecule has 0 bridgehead atoms. The van der Waals surface area contributed by atoms with Gasteiger partial charge >= 0.3 is 0 Å². The van der Waals surface area contributed by atoms with E-state index in [1.54, 1.807) is 41.4 Å². The Morgan fingerprint density at radius 2 is 2.00 bits per heavy atom. The Labute approximate surface area is 200 Å². The van der Waals surface area contributed by atoms with Crippen molar-refractivity contribution in [3.8, 4) is 17.2 Å². The van der Waals surface area contributed by atoms with Gasteiger partial charge in [0.1, 0.15) is 23.1 Å². The van der Waals surface area contributed by atoms with Gasteiger partial charge in [0, 0.05) is 16.3 Å². The van der Waals surface area contributed by atoms with Crippen molar-refractivity contribution in [3.63, 3.8) is 0 Å². The molecule has 9 heteroatoms. The van der Waals surface area contributed by atoms with Crippen LogP contribution in [-0.2, 0) is 0 Å². The molecule has 0 aliphatic carbocycles. The van der Waals surface area contributed by atoms with Gasteiger partial charge in [0.15, 0.2) is 10.9 Å². The summed E-state index contributed by atoms with van der Waals surface area (Å²) >= 11 is 2.76. The number of amides is 1. The van der Waals surface area contributed by atoms with Crippen molar-refractivity contribution in [1.82, 2.24) is 4.98 Å². The van der Waals surface area contributed by atoms with Crippen LogP contribution in [0.2, 0.25) is 0 Å². The maximum absolute atomic E-state index is 13.0. The van der Waals surface area contributed by atoms with Gasteiger partial charge in [-0.1, -0.05) is 36.9 Å². The van der Waals surface area contributed by atoms with Crippen LogP contribution in [0.25, 0.3) is 0 Å². The van der Waals surface area contributed by atoms with E-state index in [4.69, 9.17) is 20.9 Å². The summed E-state index contributed by atoms with van der Waals surface area (Å²) in [5.41, 5.74) is 12.3. The molecule has 0 unspecified atom stereocenters. The highest BCUT2D eigenvalue weighted by molar-refractivity contribution is 7.98. The lowest BCUT2D eigenvalue weighted by atomic mass is 10.1. The lowest BCUT2D eigenvalue weighted by Gasteiger charge is -2.16. The van der Waals surface area contributed by atoms with E-state index in [2.05, 4.69) is 16.9 Å². The highest BCUT2D eigenvalue weighted by atomic mass is 32.2. The molecule has 0 saturated heterocycles. The summed E-state index contributed by atoms with van der Waals surface area (Å²) in [6.45, 7) is 5.79. The molecule has 7 nitrogen and oxygen atoms in total. The Bertz CT molecular complexity index is 1220. The van der Waals surface area contributed by atoms with Crippen LogP contribution >= 0.6 is 23.1 Å².